The van der Waals surface area contributed by atoms with Gasteiger partial charge in [0.1, 0.15) is 0 Å². The molecule has 0 atom stereocenters. The van der Waals surface area contributed by atoms with Crippen molar-refractivity contribution < 1.29 is 0 Å². The van der Waals surface area contributed by atoms with Crippen LogP contribution in [0.5, 0.6) is 0 Å². The van der Waals surface area contributed by atoms with Gasteiger partial charge in [0.2, 0.25) is 5.70 Å². The van der Waals surface area contributed by atoms with E-state index in [1.807, 2.05) is 36.5 Å². The Kier molecular flexibility index (Phi) is 1.39. The zero-order chi connectivity index (χ0) is 7.52. The number of aliphatic imine (C=N–C) groups is 1. The first kappa shape index (κ1) is 6.08. The highest BCUT2D eigenvalue weighted by atomic mass is 15.0. The molecule has 1 N–H and O–H groups in total. The molecule has 0 saturated heterocycles. The average molecular weight is 143 g/mol. The molecular formula is C9H7N2+. The van der Waals surface area contributed by atoms with Crippen LogP contribution < -0.4 is 5.32 Å². The second-order valence-electron chi connectivity index (χ2n) is 2.26. The lowest BCUT2D eigenvalue weighted by Crippen LogP contribution is -1.92. The number of nitrogens with zero attached hydrogens (tertiary/aromatic N) is 1. The summed E-state index contributed by atoms with van der Waals surface area (Å²) in [6, 6.07) is 10.0. The Bertz CT molecular complexity index is 299. The summed E-state index contributed by atoms with van der Waals surface area (Å²) >= 11 is 0. The van der Waals surface area contributed by atoms with Crippen LogP contribution in [0.15, 0.2) is 41.5 Å². The fraction of sp³-hybridized carbons (Fsp3) is 0. The average Bonchev–Trinajstić information content (AvgIpc) is 2.58. The van der Waals surface area contributed by atoms with E-state index in [1.165, 1.54) is 0 Å². The standard InChI is InChI=1S/C9H7N2/c1-2-4-8(5-3-1)9-6-10-7-11-9/h1-6H,(H,10,11)/q+1. The van der Waals surface area contributed by atoms with E-state index in [-0.39, 0.29) is 0 Å². The van der Waals surface area contributed by atoms with Crippen LogP contribution in [0.2, 0.25) is 0 Å². The Labute approximate surface area is 65.3 Å². The smallest absolute Gasteiger partial charge is 0.185 e. The summed E-state index contributed by atoms with van der Waals surface area (Å²) in [5.74, 6) is 0. The summed E-state index contributed by atoms with van der Waals surface area (Å²) in [7, 11) is 0. The second kappa shape index (κ2) is 2.52. The van der Waals surface area contributed by atoms with Crippen LogP contribution >= 0.6 is 0 Å². The molecule has 0 bridgehead atoms. The van der Waals surface area contributed by atoms with Gasteiger partial charge < -0.3 is 0 Å². The van der Waals surface area contributed by atoms with Crippen molar-refractivity contribution in [3.63, 3.8) is 0 Å². The Morgan fingerprint density at radius 2 is 2.00 bits per heavy atom. The number of hydrogen-bond acceptors (Lipinski definition) is 2. The van der Waals surface area contributed by atoms with Gasteiger partial charge in [-0.25, -0.2) is 0 Å². The first-order valence-electron chi connectivity index (χ1n) is 3.44. The lowest BCUT2D eigenvalue weighted by atomic mass is 10.2. The molecular weight excluding hydrogens is 136 g/mol. The van der Waals surface area contributed by atoms with E-state index in [4.69, 9.17) is 0 Å². The molecule has 0 aromatic heterocycles. The minimum Gasteiger partial charge on any atom is -0.185 e. The summed E-state index contributed by atoms with van der Waals surface area (Å²) in [5, 5.41) is 2.79. The monoisotopic (exact) mass is 143 g/mol. The number of hydrogen-bond donors (Lipinski definition) is 1. The summed E-state index contributed by atoms with van der Waals surface area (Å²) < 4.78 is 0. The molecule has 1 aromatic rings. The van der Waals surface area contributed by atoms with Gasteiger partial charge in [-0.1, -0.05) is 18.2 Å². The SMILES string of the molecule is [C+]1=NC(c2ccccc2)=CN1. The van der Waals surface area contributed by atoms with E-state index >= 15 is 0 Å². The van der Waals surface area contributed by atoms with Crippen LogP contribution in [0.1, 0.15) is 5.56 Å². The van der Waals surface area contributed by atoms with Gasteiger partial charge in [0.25, 0.3) is 6.34 Å². The molecule has 1 aliphatic rings. The third kappa shape index (κ3) is 1.11. The molecule has 2 rings (SSSR count). The van der Waals surface area contributed by atoms with Gasteiger partial charge in [-0.05, 0) is 17.1 Å². The Morgan fingerprint density at radius 1 is 1.18 bits per heavy atom. The Hall–Kier alpha value is -1.66. The van der Waals surface area contributed by atoms with Gasteiger partial charge in [0.15, 0.2) is 6.20 Å². The van der Waals surface area contributed by atoms with E-state index in [0.29, 0.717) is 0 Å². The first-order valence-corrected chi connectivity index (χ1v) is 3.44. The van der Waals surface area contributed by atoms with Gasteiger partial charge in [0.05, 0.1) is 5.56 Å². The number of nitrogens with one attached hydrogen (secondary N) is 1. The maximum atomic E-state index is 4.01. The van der Waals surface area contributed by atoms with Crippen molar-refractivity contribution in [2.24, 2.45) is 4.99 Å². The van der Waals surface area contributed by atoms with Crippen molar-refractivity contribution in [1.82, 2.24) is 5.32 Å². The van der Waals surface area contributed by atoms with Crippen molar-refractivity contribution in [3.05, 3.63) is 42.1 Å². The lowest BCUT2D eigenvalue weighted by Gasteiger charge is -1.86. The van der Waals surface area contributed by atoms with Crippen LogP contribution in [0.3, 0.4) is 0 Å². The van der Waals surface area contributed by atoms with E-state index in [0.717, 1.165) is 11.3 Å². The van der Waals surface area contributed by atoms with Crippen LogP contribution in [0.25, 0.3) is 5.70 Å². The molecule has 1 aliphatic heterocycles. The zero-order valence-corrected chi connectivity index (χ0v) is 5.91. The molecule has 0 unspecified atom stereocenters. The van der Waals surface area contributed by atoms with Gasteiger partial charge >= 0.3 is 0 Å². The molecule has 52 valence electrons. The maximum Gasteiger partial charge on any atom is 0.253 e. The minimum absolute atomic E-state index is 0.936. The molecule has 0 fully saturated rings. The van der Waals surface area contributed by atoms with Gasteiger partial charge in [-0.15, -0.1) is 0 Å². The van der Waals surface area contributed by atoms with Crippen LogP contribution in [0, 0.1) is 0 Å². The predicted molar refractivity (Wildman–Crippen MR) is 45.0 cm³/mol. The molecule has 0 aliphatic carbocycles. The fourth-order valence-electron chi connectivity index (χ4n) is 0.982. The molecule has 0 amide bonds. The van der Waals surface area contributed by atoms with Gasteiger partial charge in [0, 0.05) is 0 Å². The van der Waals surface area contributed by atoms with Crippen LogP contribution in [0.4, 0.5) is 0 Å². The van der Waals surface area contributed by atoms with E-state index in [9.17, 15) is 0 Å². The molecule has 2 heteroatoms. The summed E-state index contributed by atoms with van der Waals surface area (Å²) in [6.45, 7) is 0. The Balaban J connectivity index is 2.37. The topological polar surface area (TPSA) is 24.4 Å². The molecule has 1 heterocycles. The molecule has 11 heavy (non-hydrogen) atoms. The third-order valence-corrected chi connectivity index (χ3v) is 1.52. The van der Waals surface area contributed by atoms with Crippen molar-refractivity contribution in [1.29, 1.82) is 0 Å². The van der Waals surface area contributed by atoms with Crippen molar-refractivity contribution in [3.8, 4) is 0 Å². The van der Waals surface area contributed by atoms with Crippen molar-refractivity contribution >= 4 is 12.0 Å². The van der Waals surface area contributed by atoms with Crippen molar-refractivity contribution in [2.75, 3.05) is 0 Å². The molecule has 0 spiro atoms. The quantitative estimate of drug-likeness (QED) is 0.592. The highest BCUT2D eigenvalue weighted by molar-refractivity contribution is 5.78. The summed E-state index contributed by atoms with van der Waals surface area (Å²) in [4.78, 5) is 4.01. The molecule has 1 aromatic carbocycles. The molecule has 0 saturated carbocycles. The van der Waals surface area contributed by atoms with E-state index < -0.39 is 0 Å². The van der Waals surface area contributed by atoms with Gasteiger partial charge in [-0.2, -0.15) is 5.32 Å². The predicted octanol–water partition coefficient (Wildman–Crippen LogP) is 1.49. The lowest BCUT2D eigenvalue weighted by molar-refractivity contribution is 1.37. The van der Waals surface area contributed by atoms with Gasteiger partial charge in [-0.3, -0.25) is 0 Å². The molecule has 0 radical (unpaired) electrons. The largest absolute Gasteiger partial charge is 0.253 e. The zero-order valence-electron chi connectivity index (χ0n) is 5.91. The van der Waals surface area contributed by atoms with Crippen LogP contribution in [-0.2, 0) is 0 Å². The van der Waals surface area contributed by atoms with E-state index in [2.05, 4.69) is 16.6 Å². The second-order valence-corrected chi connectivity index (χ2v) is 2.26. The maximum absolute atomic E-state index is 4.01. The summed E-state index contributed by atoms with van der Waals surface area (Å²) in [5.41, 5.74) is 2.05. The summed E-state index contributed by atoms with van der Waals surface area (Å²) in [6.07, 6.45) is 4.48. The Morgan fingerprint density at radius 3 is 2.64 bits per heavy atom. The van der Waals surface area contributed by atoms with Crippen LogP contribution in [-0.4, -0.2) is 6.34 Å². The number of benzene rings is 1. The normalized spacial score (nSPS) is 13.6. The number of rotatable bonds is 1. The minimum atomic E-state index is 0.936. The van der Waals surface area contributed by atoms with E-state index in [1.54, 1.807) is 0 Å². The first-order chi connectivity index (χ1) is 5.47. The highest BCUT2D eigenvalue weighted by Crippen LogP contribution is 2.15. The fourth-order valence-corrected chi connectivity index (χ4v) is 0.982. The molecule has 2 nitrogen and oxygen atoms in total. The highest BCUT2D eigenvalue weighted by Gasteiger charge is 2.12. The van der Waals surface area contributed by atoms with Crippen molar-refractivity contribution in [2.45, 2.75) is 0 Å². The third-order valence-electron chi connectivity index (χ3n) is 1.52.